The van der Waals surface area contributed by atoms with Gasteiger partial charge in [-0.15, -0.1) is 0 Å². The van der Waals surface area contributed by atoms with Crippen LogP contribution in [-0.2, 0) is 0 Å². The molecule has 6 nitrogen and oxygen atoms in total. The number of nitrogens with one attached hydrogen (secondary N) is 1. The number of rotatable bonds is 5. The molecule has 1 aromatic heterocycles. The highest BCUT2D eigenvalue weighted by Gasteiger charge is 2.29. The molecule has 1 aromatic rings. The number of nitrogens with zero attached hydrogens (tertiary/aromatic N) is 2. The molecule has 6 heteroatoms. The normalized spacial score (nSPS) is 23.4. The quantitative estimate of drug-likeness (QED) is 0.867. The highest BCUT2D eigenvalue weighted by atomic mass is 16.3. The summed E-state index contributed by atoms with van der Waals surface area (Å²) >= 11 is 0. The van der Waals surface area contributed by atoms with Crippen LogP contribution in [0.15, 0.2) is 16.5 Å². The Kier molecular flexibility index (Phi) is 5.23. The molecule has 2 fully saturated rings. The second-order valence-corrected chi connectivity index (χ2v) is 6.68. The van der Waals surface area contributed by atoms with Crippen LogP contribution in [0.3, 0.4) is 0 Å². The fourth-order valence-corrected chi connectivity index (χ4v) is 3.56. The van der Waals surface area contributed by atoms with Gasteiger partial charge in [0.25, 0.3) is 0 Å². The van der Waals surface area contributed by atoms with E-state index in [9.17, 15) is 9.90 Å². The summed E-state index contributed by atoms with van der Waals surface area (Å²) in [5, 5.41) is 12.3. The highest BCUT2D eigenvalue weighted by Crippen LogP contribution is 2.26. The molecule has 0 spiro atoms. The average molecular weight is 321 g/mol. The summed E-state index contributed by atoms with van der Waals surface area (Å²) in [6, 6.07) is 4.06. The van der Waals surface area contributed by atoms with E-state index in [0.29, 0.717) is 13.1 Å². The number of aliphatic hydroxyl groups is 1. The lowest BCUT2D eigenvalue weighted by Gasteiger charge is -2.27. The molecule has 2 saturated heterocycles. The molecule has 0 aromatic carbocycles. The van der Waals surface area contributed by atoms with Gasteiger partial charge in [0.15, 0.2) is 0 Å². The molecule has 0 aliphatic carbocycles. The summed E-state index contributed by atoms with van der Waals surface area (Å²) in [5.41, 5.74) is 0. The van der Waals surface area contributed by atoms with Crippen molar-refractivity contribution < 1.29 is 14.3 Å². The third-order valence-corrected chi connectivity index (χ3v) is 4.95. The van der Waals surface area contributed by atoms with Gasteiger partial charge >= 0.3 is 6.03 Å². The Morgan fingerprint density at radius 1 is 1.39 bits per heavy atom. The number of hydrogen-bond acceptors (Lipinski definition) is 4. The second kappa shape index (κ2) is 7.36. The summed E-state index contributed by atoms with van der Waals surface area (Å²) in [4.78, 5) is 16.5. The van der Waals surface area contributed by atoms with Crippen LogP contribution in [-0.4, -0.2) is 60.3 Å². The molecule has 3 heterocycles. The van der Waals surface area contributed by atoms with E-state index in [0.717, 1.165) is 37.6 Å². The van der Waals surface area contributed by atoms with Crippen molar-refractivity contribution in [3.05, 3.63) is 23.7 Å². The smallest absolute Gasteiger partial charge is 0.317 e. The Hall–Kier alpha value is -1.53. The summed E-state index contributed by atoms with van der Waals surface area (Å²) in [7, 11) is 0. The maximum Gasteiger partial charge on any atom is 0.317 e. The summed E-state index contributed by atoms with van der Waals surface area (Å²) in [6.07, 6.45) is 3.29. The number of likely N-dealkylation sites (tertiary alicyclic amines) is 2. The van der Waals surface area contributed by atoms with Gasteiger partial charge in [-0.05, 0) is 51.4 Å². The van der Waals surface area contributed by atoms with E-state index in [-0.39, 0.29) is 24.6 Å². The number of furan rings is 1. The zero-order valence-electron chi connectivity index (χ0n) is 13.8. The third kappa shape index (κ3) is 3.87. The van der Waals surface area contributed by atoms with E-state index in [1.807, 2.05) is 19.1 Å². The van der Waals surface area contributed by atoms with Gasteiger partial charge in [0.05, 0.1) is 6.04 Å². The zero-order valence-corrected chi connectivity index (χ0v) is 13.8. The number of hydrogen-bond donors (Lipinski definition) is 2. The first-order chi connectivity index (χ1) is 11.2. The molecule has 2 atom stereocenters. The fourth-order valence-electron chi connectivity index (χ4n) is 3.56. The van der Waals surface area contributed by atoms with Gasteiger partial charge in [0.1, 0.15) is 11.5 Å². The zero-order chi connectivity index (χ0) is 16.2. The minimum atomic E-state index is -0.0339. The predicted molar refractivity (Wildman–Crippen MR) is 87.2 cm³/mol. The van der Waals surface area contributed by atoms with Gasteiger partial charge in [-0.1, -0.05) is 0 Å². The van der Waals surface area contributed by atoms with Crippen molar-refractivity contribution in [2.24, 2.45) is 5.92 Å². The van der Waals surface area contributed by atoms with E-state index in [4.69, 9.17) is 4.42 Å². The van der Waals surface area contributed by atoms with Gasteiger partial charge in [-0.2, -0.15) is 0 Å². The van der Waals surface area contributed by atoms with E-state index >= 15 is 0 Å². The van der Waals surface area contributed by atoms with Crippen LogP contribution in [0.2, 0.25) is 0 Å². The van der Waals surface area contributed by atoms with E-state index in [1.54, 1.807) is 4.90 Å². The lowest BCUT2D eigenvalue weighted by molar-refractivity contribution is 0.183. The Balaban J connectivity index is 1.59. The standard InChI is InChI=1S/C17H27N3O3/c1-13-4-5-16(23-13)15(19-7-2-3-8-19)10-18-17(22)20-9-6-14(11-20)12-21/h4-5,14-15,21H,2-3,6-12H2,1H3,(H,18,22). The van der Waals surface area contributed by atoms with Crippen molar-refractivity contribution in [2.75, 3.05) is 39.3 Å². The molecule has 2 unspecified atom stereocenters. The molecule has 23 heavy (non-hydrogen) atoms. The number of amides is 2. The van der Waals surface area contributed by atoms with Crippen molar-refractivity contribution in [2.45, 2.75) is 32.2 Å². The van der Waals surface area contributed by atoms with Crippen LogP contribution in [0.4, 0.5) is 4.79 Å². The molecule has 2 N–H and O–H groups in total. The van der Waals surface area contributed by atoms with E-state index in [1.165, 1.54) is 12.8 Å². The largest absolute Gasteiger partial charge is 0.465 e. The molecule has 0 saturated carbocycles. The van der Waals surface area contributed by atoms with Crippen LogP contribution in [0.1, 0.15) is 36.8 Å². The molecule has 128 valence electrons. The first-order valence-corrected chi connectivity index (χ1v) is 8.61. The van der Waals surface area contributed by atoms with Crippen molar-refractivity contribution in [1.82, 2.24) is 15.1 Å². The van der Waals surface area contributed by atoms with Crippen LogP contribution >= 0.6 is 0 Å². The minimum absolute atomic E-state index is 0.0339. The number of carbonyl (C=O) groups excluding carboxylic acids is 1. The second-order valence-electron chi connectivity index (χ2n) is 6.68. The molecule has 0 bridgehead atoms. The third-order valence-electron chi connectivity index (χ3n) is 4.95. The fraction of sp³-hybridized carbons (Fsp3) is 0.706. The minimum Gasteiger partial charge on any atom is -0.465 e. The SMILES string of the molecule is Cc1ccc(C(CNC(=O)N2CCC(CO)C2)N2CCCC2)o1. The van der Waals surface area contributed by atoms with Gasteiger partial charge in [0, 0.05) is 32.2 Å². The molecular weight excluding hydrogens is 294 g/mol. The monoisotopic (exact) mass is 321 g/mol. The molecule has 0 radical (unpaired) electrons. The van der Waals surface area contributed by atoms with Gasteiger partial charge < -0.3 is 19.7 Å². The maximum atomic E-state index is 12.3. The molecular formula is C17H27N3O3. The number of aliphatic hydroxyl groups excluding tert-OH is 1. The van der Waals surface area contributed by atoms with Crippen molar-refractivity contribution >= 4 is 6.03 Å². The van der Waals surface area contributed by atoms with Crippen molar-refractivity contribution in [3.63, 3.8) is 0 Å². The van der Waals surface area contributed by atoms with Crippen LogP contribution in [0.25, 0.3) is 0 Å². The van der Waals surface area contributed by atoms with Gasteiger partial charge in [-0.3, -0.25) is 4.90 Å². The van der Waals surface area contributed by atoms with Gasteiger partial charge in [-0.25, -0.2) is 4.79 Å². The Bertz CT molecular complexity index is 525. The Labute approximate surface area is 137 Å². The number of aryl methyl sites for hydroxylation is 1. The molecule has 2 aliphatic rings. The Morgan fingerprint density at radius 3 is 2.78 bits per heavy atom. The summed E-state index contributed by atoms with van der Waals surface area (Å²) in [5.74, 6) is 2.06. The average Bonchev–Trinajstić information content (AvgIpc) is 3.29. The topological polar surface area (TPSA) is 69.0 Å². The number of urea groups is 1. The lowest BCUT2D eigenvalue weighted by atomic mass is 10.1. The van der Waals surface area contributed by atoms with Crippen molar-refractivity contribution in [1.29, 1.82) is 0 Å². The van der Waals surface area contributed by atoms with Gasteiger partial charge in [0.2, 0.25) is 0 Å². The van der Waals surface area contributed by atoms with E-state index < -0.39 is 0 Å². The molecule has 2 amide bonds. The highest BCUT2D eigenvalue weighted by molar-refractivity contribution is 5.74. The van der Waals surface area contributed by atoms with Crippen molar-refractivity contribution in [3.8, 4) is 0 Å². The summed E-state index contributed by atoms with van der Waals surface area (Å²) in [6.45, 7) is 6.15. The molecule has 2 aliphatic heterocycles. The van der Waals surface area contributed by atoms with Crippen LogP contribution < -0.4 is 5.32 Å². The van der Waals surface area contributed by atoms with Crippen LogP contribution in [0, 0.1) is 12.8 Å². The number of carbonyl (C=O) groups is 1. The predicted octanol–water partition coefficient (Wildman–Crippen LogP) is 1.75. The maximum absolute atomic E-state index is 12.3. The first-order valence-electron chi connectivity index (χ1n) is 8.61. The first kappa shape index (κ1) is 16.3. The Morgan fingerprint density at radius 2 is 2.17 bits per heavy atom. The summed E-state index contributed by atoms with van der Waals surface area (Å²) < 4.78 is 5.81. The lowest BCUT2D eigenvalue weighted by Crippen LogP contribution is -2.43. The van der Waals surface area contributed by atoms with E-state index in [2.05, 4.69) is 10.2 Å². The molecule has 3 rings (SSSR count). The van der Waals surface area contributed by atoms with Crippen LogP contribution in [0.5, 0.6) is 0 Å².